The normalized spacial score (nSPS) is 10.4. The number of ether oxygens (including phenoxy) is 1. The van der Waals surface area contributed by atoms with E-state index >= 15 is 0 Å². The molecule has 0 radical (unpaired) electrons. The predicted octanol–water partition coefficient (Wildman–Crippen LogP) is 4.47. The number of anilines is 2. The lowest BCUT2D eigenvalue weighted by Crippen LogP contribution is -2.05. The topological polar surface area (TPSA) is 59.9 Å². The third-order valence-electron chi connectivity index (χ3n) is 2.20. The van der Waals surface area contributed by atoms with E-state index in [2.05, 4.69) is 36.2 Å². The molecule has 0 aliphatic heterocycles. The molecule has 0 amide bonds. The summed E-state index contributed by atoms with van der Waals surface area (Å²) in [7, 11) is 0. The van der Waals surface area contributed by atoms with Crippen LogP contribution in [-0.2, 0) is 0 Å². The molecule has 1 aromatic carbocycles. The van der Waals surface area contributed by atoms with Crippen LogP contribution in [0.2, 0.25) is 10.3 Å². The summed E-state index contributed by atoms with van der Waals surface area (Å²) in [5.41, 5.74) is 0.762. The van der Waals surface area contributed by atoms with Gasteiger partial charge in [0.05, 0.1) is 12.3 Å². The van der Waals surface area contributed by atoms with E-state index in [-0.39, 0.29) is 11.3 Å². The molecule has 8 heteroatoms. The van der Waals surface area contributed by atoms with E-state index in [0.717, 1.165) is 16.6 Å². The van der Waals surface area contributed by atoms with Gasteiger partial charge in [-0.3, -0.25) is 0 Å². The van der Waals surface area contributed by atoms with Gasteiger partial charge in [-0.1, -0.05) is 18.5 Å². The molecule has 0 saturated heterocycles. The van der Waals surface area contributed by atoms with Crippen LogP contribution in [0.25, 0.3) is 0 Å². The van der Waals surface area contributed by atoms with E-state index in [4.69, 9.17) is 27.9 Å². The van der Waals surface area contributed by atoms with Gasteiger partial charge in [-0.2, -0.15) is 15.0 Å². The van der Waals surface area contributed by atoms with Gasteiger partial charge in [-0.15, -0.1) is 0 Å². The maximum Gasteiger partial charge on any atom is 0.322 e. The fourth-order valence-corrected chi connectivity index (χ4v) is 2.29. The Kier molecular flexibility index (Phi) is 5.39. The van der Waals surface area contributed by atoms with Crippen molar-refractivity contribution in [2.45, 2.75) is 13.3 Å². The molecule has 2 rings (SSSR count). The van der Waals surface area contributed by atoms with Gasteiger partial charge in [0.2, 0.25) is 11.2 Å². The number of nitrogens with zero attached hydrogens (tertiary/aromatic N) is 3. The zero-order chi connectivity index (χ0) is 14.5. The summed E-state index contributed by atoms with van der Waals surface area (Å²) in [6.45, 7) is 2.51. The van der Waals surface area contributed by atoms with Crippen LogP contribution in [-0.4, -0.2) is 21.6 Å². The quantitative estimate of drug-likeness (QED) is 0.832. The van der Waals surface area contributed by atoms with E-state index in [1.165, 1.54) is 0 Å². The molecule has 5 nitrogen and oxygen atoms in total. The number of nitrogens with one attached hydrogen (secondary N) is 1. The molecule has 0 saturated carbocycles. The van der Waals surface area contributed by atoms with Crippen LogP contribution in [0.4, 0.5) is 11.6 Å². The van der Waals surface area contributed by atoms with E-state index in [9.17, 15) is 0 Å². The second-order valence-corrected chi connectivity index (χ2v) is 5.44. The van der Waals surface area contributed by atoms with Gasteiger partial charge in [0.25, 0.3) is 0 Å². The summed E-state index contributed by atoms with van der Waals surface area (Å²) in [5, 5.41) is 3.72. The Bertz CT molecular complexity index is 612. The van der Waals surface area contributed by atoms with Crippen molar-refractivity contribution in [1.29, 1.82) is 0 Å². The first-order valence-corrected chi connectivity index (χ1v) is 7.40. The Balaban J connectivity index is 2.21. The molecule has 0 atom stereocenters. The Hall–Kier alpha value is -1.11. The van der Waals surface area contributed by atoms with Crippen LogP contribution in [0.3, 0.4) is 0 Å². The van der Waals surface area contributed by atoms with Crippen LogP contribution < -0.4 is 10.1 Å². The lowest BCUT2D eigenvalue weighted by Gasteiger charge is -2.09. The largest absolute Gasteiger partial charge is 0.463 e. The van der Waals surface area contributed by atoms with Gasteiger partial charge in [-0.25, -0.2) is 0 Å². The molecule has 2 aromatic rings. The van der Waals surface area contributed by atoms with Gasteiger partial charge in [0, 0.05) is 9.50 Å². The minimum atomic E-state index is 0.0682. The molecule has 1 heterocycles. The second kappa shape index (κ2) is 7.06. The predicted molar refractivity (Wildman–Crippen MR) is 83.1 cm³/mol. The van der Waals surface area contributed by atoms with Gasteiger partial charge in [-0.05, 0) is 52.2 Å². The first-order valence-electron chi connectivity index (χ1n) is 5.85. The van der Waals surface area contributed by atoms with Crippen LogP contribution in [0.1, 0.15) is 13.3 Å². The smallest absolute Gasteiger partial charge is 0.322 e. The number of hydrogen-bond donors (Lipinski definition) is 1. The Morgan fingerprint density at radius 2 is 2.05 bits per heavy atom. The van der Waals surface area contributed by atoms with Crippen molar-refractivity contribution < 1.29 is 4.74 Å². The summed E-state index contributed by atoms with van der Waals surface area (Å²) in [4.78, 5) is 12.0. The van der Waals surface area contributed by atoms with E-state index in [0.29, 0.717) is 17.6 Å². The van der Waals surface area contributed by atoms with E-state index in [1.54, 1.807) is 18.2 Å². The summed E-state index contributed by atoms with van der Waals surface area (Å²) < 4.78 is 6.13. The average molecular weight is 378 g/mol. The van der Waals surface area contributed by atoms with Crippen molar-refractivity contribution in [2.75, 3.05) is 11.9 Å². The molecule has 0 fully saturated rings. The third kappa shape index (κ3) is 4.19. The van der Waals surface area contributed by atoms with Crippen molar-refractivity contribution >= 4 is 50.8 Å². The molecule has 0 unspecified atom stereocenters. The van der Waals surface area contributed by atoms with E-state index < -0.39 is 0 Å². The molecule has 20 heavy (non-hydrogen) atoms. The Labute approximate surface area is 134 Å². The molecule has 0 aliphatic rings. The van der Waals surface area contributed by atoms with Crippen molar-refractivity contribution in [3.8, 4) is 6.01 Å². The highest BCUT2D eigenvalue weighted by molar-refractivity contribution is 9.10. The van der Waals surface area contributed by atoms with Crippen LogP contribution in [0, 0.1) is 0 Å². The number of halogens is 3. The minimum absolute atomic E-state index is 0.0682. The molecular weight excluding hydrogens is 367 g/mol. The monoisotopic (exact) mass is 376 g/mol. The van der Waals surface area contributed by atoms with Crippen LogP contribution >= 0.6 is 39.1 Å². The van der Waals surface area contributed by atoms with Crippen molar-refractivity contribution in [3.05, 3.63) is 33.0 Å². The maximum absolute atomic E-state index is 5.89. The molecule has 1 aromatic heterocycles. The highest BCUT2D eigenvalue weighted by Gasteiger charge is 2.08. The number of benzene rings is 1. The summed E-state index contributed by atoms with van der Waals surface area (Å²) in [5.74, 6) is 0.305. The standard InChI is InChI=1S/C12H11BrCl2N4O/c1-2-5-20-12-18-10(15)17-11(19-12)16-9-4-3-7(14)6-8(9)13/h3-4,6H,2,5H2,1H3,(H,16,17,18,19). The number of rotatable bonds is 5. The van der Waals surface area contributed by atoms with Crippen molar-refractivity contribution in [1.82, 2.24) is 15.0 Å². The maximum atomic E-state index is 5.89. The average Bonchev–Trinajstić information content (AvgIpc) is 2.39. The molecule has 0 bridgehead atoms. The van der Waals surface area contributed by atoms with Gasteiger partial charge in [0.1, 0.15) is 0 Å². The first-order chi connectivity index (χ1) is 9.58. The summed E-state index contributed by atoms with van der Waals surface area (Å²) in [6.07, 6.45) is 0.856. The highest BCUT2D eigenvalue weighted by Crippen LogP contribution is 2.28. The first kappa shape index (κ1) is 15.3. The molecule has 1 N–H and O–H groups in total. The zero-order valence-electron chi connectivity index (χ0n) is 10.5. The minimum Gasteiger partial charge on any atom is -0.463 e. The summed E-state index contributed by atoms with van der Waals surface area (Å²) >= 11 is 15.1. The number of hydrogen-bond acceptors (Lipinski definition) is 5. The zero-order valence-corrected chi connectivity index (χ0v) is 13.6. The molecule has 106 valence electrons. The Morgan fingerprint density at radius 3 is 2.75 bits per heavy atom. The molecule has 0 spiro atoms. The Morgan fingerprint density at radius 1 is 1.25 bits per heavy atom. The van der Waals surface area contributed by atoms with Crippen molar-refractivity contribution in [2.24, 2.45) is 0 Å². The lowest BCUT2D eigenvalue weighted by molar-refractivity contribution is 0.292. The highest BCUT2D eigenvalue weighted by atomic mass is 79.9. The fraction of sp³-hybridized carbons (Fsp3) is 0.250. The SMILES string of the molecule is CCCOc1nc(Cl)nc(Nc2ccc(Cl)cc2Br)n1. The molecular formula is C12H11BrCl2N4O. The van der Waals surface area contributed by atoms with Gasteiger partial charge in [0.15, 0.2) is 0 Å². The van der Waals surface area contributed by atoms with Gasteiger partial charge < -0.3 is 10.1 Å². The second-order valence-electron chi connectivity index (χ2n) is 3.81. The van der Waals surface area contributed by atoms with Gasteiger partial charge >= 0.3 is 6.01 Å². The fourth-order valence-electron chi connectivity index (χ4n) is 1.36. The van der Waals surface area contributed by atoms with E-state index in [1.807, 2.05) is 6.92 Å². The third-order valence-corrected chi connectivity index (χ3v) is 3.26. The van der Waals surface area contributed by atoms with Crippen LogP contribution in [0.5, 0.6) is 6.01 Å². The lowest BCUT2D eigenvalue weighted by atomic mass is 10.3. The van der Waals surface area contributed by atoms with Crippen LogP contribution in [0.15, 0.2) is 22.7 Å². The summed E-state index contributed by atoms with van der Waals surface area (Å²) in [6, 6.07) is 5.52. The van der Waals surface area contributed by atoms with Crippen molar-refractivity contribution in [3.63, 3.8) is 0 Å². The number of aromatic nitrogens is 3. The molecule has 0 aliphatic carbocycles.